The summed E-state index contributed by atoms with van der Waals surface area (Å²) in [7, 11) is 0. The van der Waals surface area contributed by atoms with Crippen LogP contribution in [0.1, 0.15) is 53.4 Å². The van der Waals surface area contributed by atoms with Crippen molar-refractivity contribution in [3.63, 3.8) is 0 Å². The van der Waals surface area contributed by atoms with E-state index in [-0.39, 0.29) is 29.9 Å². The summed E-state index contributed by atoms with van der Waals surface area (Å²) < 4.78 is 0. The van der Waals surface area contributed by atoms with Gasteiger partial charge in [0.1, 0.15) is 12.1 Å². The number of nitrogens with zero attached hydrogens (tertiary/aromatic N) is 1. The van der Waals surface area contributed by atoms with Gasteiger partial charge < -0.3 is 10.2 Å². The minimum absolute atomic E-state index is 0.0345. The summed E-state index contributed by atoms with van der Waals surface area (Å²) in [5.74, 6) is 1.27. The van der Waals surface area contributed by atoms with E-state index in [1.165, 1.54) is 0 Å². The zero-order valence-corrected chi connectivity index (χ0v) is 12.5. The molecular formula is C15H26N2O2. The average molecular weight is 266 g/mol. The molecule has 1 saturated carbocycles. The van der Waals surface area contributed by atoms with E-state index in [0.29, 0.717) is 18.3 Å². The van der Waals surface area contributed by atoms with Gasteiger partial charge in [-0.05, 0) is 37.5 Å². The molecule has 2 amide bonds. The van der Waals surface area contributed by atoms with Crippen LogP contribution in [0.25, 0.3) is 0 Å². The van der Waals surface area contributed by atoms with Gasteiger partial charge in [0.25, 0.3) is 0 Å². The lowest BCUT2D eigenvalue weighted by molar-refractivity contribution is -0.156. The summed E-state index contributed by atoms with van der Waals surface area (Å²) in [6.07, 6.45) is 3.53. The average Bonchev–Trinajstić information content (AvgIpc) is 2.28. The molecule has 108 valence electrons. The predicted octanol–water partition coefficient (Wildman–Crippen LogP) is 1.94. The molecular weight excluding hydrogens is 240 g/mol. The van der Waals surface area contributed by atoms with Crippen molar-refractivity contribution in [3.8, 4) is 0 Å². The highest BCUT2D eigenvalue weighted by atomic mass is 16.2. The Hall–Kier alpha value is -1.06. The Morgan fingerprint density at radius 2 is 1.95 bits per heavy atom. The van der Waals surface area contributed by atoms with Crippen LogP contribution in [-0.4, -0.2) is 34.8 Å². The first-order valence-corrected chi connectivity index (χ1v) is 7.56. The number of carbonyl (C=O) groups is 2. The van der Waals surface area contributed by atoms with Crippen LogP contribution in [0.15, 0.2) is 0 Å². The normalized spacial score (nSPS) is 35.3. The fourth-order valence-corrected chi connectivity index (χ4v) is 3.32. The summed E-state index contributed by atoms with van der Waals surface area (Å²) in [5, 5.41) is 2.91. The van der Waals surface area contributed by atoms with E-state index in [1.54, 1.807) is 0 Å². The third-order valence-electron chi connectivity index (χ3n) is 4.34. The molecule has 1 heterocycles. The first kappa shape index (κ1) is 14.4. The van der Waals surface area contributed by atoms with Gasteiger partial charge in [0.05, 0.1) is 0 Å². The number of carbonyl (C=O) groups excluding carboxylic acids is 2. The van der Waals surface area contributed by atoms with Crippen LogP contribution >= 0.6 is 0 Å². The van der Waals surface area contributed by atoms with Crippen molar-refractivity contribution < 1.29 is 9.59 Å². The maximum atomic E-state index is 12.6. The first-order chi connectivity index (χ1) is 8.93. The molecule has 2 aliphatic rings. The van der Waals surface area contributed by atoms with Gasteiger partial charge >= 0.3 is 0 Å². The smallest absolute Gasteiger partial charge is 0.246 e. The summed E-state index contributed by atoms with van der Waals surface area (Å²) in [5.41, 5.74) is 0. The first-order valence-electron chi connectivity index (χ1n) is 7.56. The van der Waals surface area contributed by atoms with Gasteiger partial charge in [-0.15, -0.1) is 0 Å². The maximum Gasteiger partial charge on any atom is 0.246 e. The molecule has 4 heteroatoms. The van der Waals surface area contributed by atoms with Gasteiger partial charge in [-0.25, -0.2) is 0 Å². The van der Waals surface area contributed by atoms with E-state index in [4.69, 9.17) is 0 Å². The number of hydrogen-bond donors (Lipinski definition) is 1. The van der Waals surface area contributed by atoms with Crippen molar-refractivity contribution in [1.29, 1.82) is 0 Å². The minimum Gasteiger partial charge on any atom is -0.342 e. The second-order valence-electron chi connectivity index (χ2n) is 6.59. The number of hydrogen-bond acceptors (Lipinski definition) is 2. The highest BCUT2D eigenvalue weighted by Crippen LogP contribution is 2.34. The molecule has 19 heavy (non-hydrogen) atoms. The van der Waals surface area contributed by atoms with Gasteiger partial charge in [-0.2, -0.15) is 0 Å². The van der Waals surface area contributed by atoms with E-state index in [9.17, 15) is 9.59 Å². The maximum absolute atomic E-state index is 12.6. The third-order valence-corrected chi connectivity index (χ3v) is 4.34. The second kappa shape index (κ2) is 5.51. The van der Waals surface area contributed by atoms with Crippen LogP contribution in [0.2, 0.25) is 0 Å². The zero-order chi connectivity index (χ0) is 14.2. The molecule has 0 spiro atoms. The molecule has 1 saturated heterocycles. The Kier molecular flexibility index (Phi) is 4.16. The largest absolute Gasteiger partial charge is 0.342 e. The summed E-state index contributed by atoms with van der Waals surface area (Å²) >= 11 is 0. The number of amides is 2. The van der Waals surface area contributed by atoms with Gasteiger partial charge in [-0.3, -0.25) is 9.59 Å². The van der Waals surface area contributed by atoms with Crippen LogP contribution in [0.5, 0.6) is 0 Å². The number of piperazine rings is 1. The van der Waals surface area contributed by atoms with E-state index in [1.807, 2.05) is 11.8 Å². The fourth-order valence-electron chi connectivity index (χ4n) is 3.32. The Labute approximate surface area is 115 Å². The monoisotopic (exact) mass is 266 g/mol. The lowest BCUT2D eigenvalue weighted by Crippen LogP contribution is -2.67. The van der Waals surface area contributed by atoms with Crippen LogP contribution in [-0.2, 0) is 9.59 Å². The van der Waals surface area contributed by atoms with Crippen LogP contribution in [0.4, 0.5) is 0 Å². The van der Waals surface area contributed by atoms with E-state index >= 15 is 0 Å². The predicted molar refractivity (Wildman–Crippen MR) is 74.5 cm³/mol. The van der Waals surface area contributed by atoms with Crippen molar-refractivity contribution >= 4 is 11.8 Å². The topological polar surface area (TPSA) is 49.4 Å². The molecule has 2 fully saturated rings. The van der Waals surface area contributed by atoms with E-state index in [0.717, 1.165) is 19.3 Å². The Morgan fingerprint density at radius 3 is 2.42 bits per heavy atom. The van der Waals surface area contributed by atoms with Gasteiger partial charge in [0.15, 0.2) is 0 Å². The van der Waals surface area contributed by atoms with Gasteiger partial charge in [-0.1, -0.05) is 27.7 Å². The molecule has 1 N–H and O–H groups in total. The highest BCUT2D eigenvalue weighted by molar-refractivity contribution is 5.97. The molecule has 2 unspecified atom stereocenters. The molecule has 1 aliphatic carbocycles. The lowest BCUT2D eigenvalue weighted by atomic mass is 9.79. The SMILES string of the molecule is CCC1C(=O)NC(CC(C)C)C(=O)N1C1CC(C)C1. The third kappa shape index (κ3) is 2.77. The molecule has 0 aromatic rings. The van der Waals surface area contributed by atoms with Gasteiger partial charge in [0.2, 0.25) is 11.8 Å². The summed E-state index contributed by atoms with van der Waals surface area (Å²) in [6, 6.07) is -0.284. The van der Waals surface area contributed by atoms with Crippen LogP contribution < -0.4 is 5.32 Å². The van der Waals surface area contributed by atoms with Crippen molar-refractivity contribution in [2.75, 3.05) is 0 Å². The summed E-state index contributed by atoms with van der Waals surface area (Å²) in [6.45, 7) is 8.36. The Balaban J connectivity index is 2.14. The van der Waals surface area contributed by atoms with Crippen LogP contribution in [0.3, 0.4) is 0 Å². The number of nitrogens with one attached hydrogen (secondary N) is 1. The molecule has 2 rings (SSSR count). The summed E-state index contributed by atoms with van der Waals surface area (Å²) in [4.78, 5) is 26.7. The van der Waals surface area contributed by atoms with Gasteiger partial charge in [0, 0.05) is 6.04 Å². The molecule has 0 aromatic heterocycles. The quantitative estimate of drug-likeness (QED) is 0.845. The van der Waals surface area contributed by atoms with E-state index < -0.39 is 0 Å². The van der Waals surface area contributed by atoms with Crippen molar-refractivity contribution in [2.24, 2.45) is 11.8 Å². The standard InChI is InChI=1S/C15H26N2O2/c1-5-13-14(18)16-12(6-9(2)3)15(19)17(13)11-7-10(4)8-11/h9-13H,5-8H2,1-4H3,(H,16,18). The van der Waals surface area contributed by atoms with Crippen LogP contribution in [0, 0.1) is 11.8 Å². The lowest BCUT2D eigenvalue weighted by Gasteiger charge is -2.48. The number of rotatable bonds is 4. The molecule has 0 radical (unpaired) electrons. The Bertz CT molecular complexity index is 361. The zero-order valence-electron chi connectivity index (χ0n) is 12.5. The second-order valence-corrected chi connectivity index (χ2v) is 6.59. The highest BCUT2D eigenvalue weighted by Gasteiger charge is 2.45. The van der Waals surface area contributed by atoms with Crippen molar-refractivity contribution in [2.45, 2.75) is 71.5 Å². The molecule has 0 bridgehead atoms. The van der Waals surface area contributed by atoms with Crippen molar-refractivity contribution in [3.05, 3.63) is 0 Å². The molecule has 1 aliphatic heterocycles. The molecule has 2 atom stereocenters. The molecule has 4 nitrogen and oxygen atoms in total. The minimum atomic E-state index is -0.314. The van der Waals surface area contributed by atoms with Crippen molar-refractivity contribution in [1.82, 2.24) is 10.2 Å². The van der Waals surface area contributed by atoms with E-state index in [2.05, 4.69) is 26.1 Å². The Morgan fingerprint density at radius 1 is 1.32 bits per heavy atom. The molecule has 0 aromatic carbocycles. The fraction of sp³-hybridized carbons (Fsp3) is 0.867.